The van der Waals surface area contributed by atoms with Crippen LogP contribution in [0.15, 0.2) is 22.7 Å². The first kappa shape index (κ1) is 15.0. The lowest BCUT2D eigenvalue weighted by Gasteiger charge is -2.27. The molecule has 1 aromatic carbocycles. The number of hydrogen-bond donors (Lipinski definition) is 1. The van der Waals surface area contributed by atoms with Gasteiger partial charge in [0.1, 0.15) is 0 Å². The number of hydrogen-bond acceptors (Lipinski definition) is 2. The maximum atomic E-state index is 11.5. The van der Waals surface area contributed by atoms with Crippen LogP contribution in [-0.2, 0) is 9.59 Å². The van der Waals surface area contributed by atoms with Crippen molar-refractivity contribution in [2.45, 2.75) is 19.9 Å². The Bertz CT molecular complexity index is 478. The van der Waals surface area contributed by atoms with Crippen LogP contribution in [0.2, 0.25) is 5.02 Å². The number of benzene rings is 1. The van der Waals surface area contributed by atoms with Crippen LogP contribution in [0.4, 0.5) is 0 Å². The number of carboxylic acid groups (broad SMARTS) is 1. The summed E-state index contributed by atoms with van der Waals surface area (Å²) < 4.78 is 0.683. The van der Waals surface area contributed by atoms with Gasteiger partial charge in [-0.15, -0.1) is 0 Å². The van der Waals surface area contributed by atoms with E-state index < -0.39 is 12.0 Å². The summed E-state index contributed by atoms with van der Waals surface area (Å²) in [5.41, 5.74) is 0.479. The molecule has 1 rings (SSSR count). The quantitative estimate of drug-likeness (QED) is 0.920. The third-order valence-electron chi connectivity index (χ3n) is 2.55. The van der Waals surface area contributed by atoms with E-state index in [-0.39, 0.29) is 5.91 Å². The Morgan fingerprint density at radius 3 is 2.50 bits per heavy atom. The van der Waals surface area contributed by atoms with Crippen LogP contribution in [0.1, 0.15) is 25.5 Å². The van der Waals surface area contributed by atoms with Gasteiger partial charge in [0.15, 0.2) is 6.04 Å². The van der Waals surface area contributed by atoms with Gasteiger partial charge in [0, 0.05) is 17.9 Å². The van der Waals surface area contributed by atoms with Crippen LogP contribution >= 0.6 is 27.5 Å². The molecule has 0 fully saturated rings. The summed E-state index contributed by atoms with van der Waals surface area (Å²) in [5, 5.41) is 9.70. The van der Waals surface area contributed by atoms with E-state index in [1.54, 1.807) is 25.1 Å². The zero-order chi connectivity index (χ0) is 13.9. The molecule has 1 N–H and O–H groups in total. The topological polar surface area (TPSA) is 57.6 Å². The summed E-state index contributed by atoms with van der Waals surface area (Å²) in [6.07, 6.45) is 0. The molecule has 0 aliphatic rings. The number of likely N-dealkylation sites (N-methyl/N-ethyl adjacent to an activating group) is 1. The van der Waals surface area contributed by atoms with Crippen LogP contribution in [0, 0.1) is 0 Å². The molecule has 98 valence electrons. The van der Waals surface area contributed by atoms with Crippen LogP contribution < -0.4 is 0 Å². The molecule has 1 aromatic rings. The number of carbonyl (C=O) groups excluding carboxylic acids is 1. The first-order valence-corrected chi connectivity index (χ1v) is 6.50. The number of halogens is 2. The summed E-state index contributed by atoms with van der Waals surface area (Å²) in [6, 6.07) is 3.84. The fourth-order valence-corrected chi connectivity index (χ4v) is 2.16. The van der Waals surface area contributed by atoms with Gasteiger partial charge in [-0.2, -0.15) is 0 Å². The fourth-order valence-electron chi connectivity index (χ4n) is 1.73. The van der Waals surface area contributed by atoms with E-state index in [1.807, 2.05) is 0 Å². The van der Waals surface area contributed by atoms with Crippen molar-refractivity contribution in [3.05, 3.63) is 33.3 Å². The lowest BCUT2D eigenvalue weighted by Crippen LogP contribution is -2.37. The Labute approximate surface area is 119 Å². The summed E-state index contributed by atoms with van der Waals surface area (Å²) in [6.45, 7) is 3.40. The number of nitrogens with zero attached hydrogens (tertiary/aromatic N) is 1. The van der Waals surface area contributed by atoms with E-state index in [9.17, 15) is 14.7 Å². The number of aliphatic carboxylic acids is 1. The first-order chi connectivity index (χ1) is 8.38. The van der Waals surface area contributed by atoms with Crippen LogP contribution in [0.25, 0.3) is 0 Å². The molecule has 0 spiro atoms. The summed E-state index contributed by atoms with van der Waals surface area (Å²) in [5.74, 6) is -1.37. The highest BCUT2D eigenvalue weighted by molar-refractivity contribution is 9.10. The Morgan fingerprint density at radius 2 is 2.11 bits per heavy atom. The SMILES string of the molecule is CCN(C(C)=O)C(C(=O)O)c1ccc(Br)c(Cl)c1. The van der Waals surface area contributed by atoms with Gasteiger partial charge in [-0.3, -0.25) is 4.79 Å². The standard InChI is InChI=1S/C12H13BrClNO3/c1-3-15(7(2)16)11(12(17)18)8-4-5-9(13)10(14)6-8/h4-6,11H,3H2,1-2H3,(H,17,18). The largest absolute Gasteiger partial charge is 0.479 e. The summed E-state index contributed by atoms with van der Waals surface area (Å²) >= 11 is 9.19. The van der Waals surface area contributed by atoms with E-state index in [0.29, 0.717) is 21.6 Å². The second-order valence-electron chi connectivity index (χ2n) is 3.72. The Hall–Kier alpha value is -1.07. The smallest absolute Gasteiger partial charge is 0.331 e. The minimum Gasteiger partial charge on any atom is -0.479 e. The maximum Gasteiger partial charge on any atom is 0.331 e. The second-order valence-corrected chi connectivity index (χ2v) is 4.98. The number of rotatable bonds is 4. The molecular formula is C12H13BrClNO3. The normalized spacial score (nSPS) is 12.0. The molecule has 1 amide bonds. The lowest BCUT2D eigenvalue weighted by atomic mass is 10.1. The van der Waals surface area contributed by atoms with Crippen LogP contribution in [-0.4, -0.2) is 28.4 Å². The monoisotopic (exact) mass is 333 g/mol. The molecule has 0 aliphatic heterocycles. The van der Waals surface area contributed by atoms with Crippen molar-refractivity contribution in [1.29, 1.82) is 0 Å². The molecule has 6 heteroatoms. The van der Waals surface area contributed by atoms with E-state index in [2.05, 4.69) is 15.9 Å². The molecular weight excluding hydrogens is 321 g/mol. The number of carboxylic acids is 1. The molecule has 0 saturated carbocycles. The van der Waals surface area contributed by atoms with Crippen molar-refractivity contribution in [2.75, 3.05) is 6.54 Å². The number of amides is 1. The van der Waals surface area contributed by atoms with Crippen molar-refractivity contribution < 1.29 is 14.7 Å². The van der Waals surface area contributed by atoms with E-state index in [4.69, 9.17) is 11.6 Å². The Morgan fingerprint density at radius 1 is 1.50 bits per heavy atom. The van der Waals surface area contributed by atoms with Crippen molar-refractivity contribution in [3.8, 4) is 0 Å². The first-order valence-electron chi connectivity index (χ1n) is 5.33. The van der Waals surface area contributed by atoms with Crippen LogP contribution in [0.3, 0.4) is 0 Å². The van der Waals surface area contributed by atoms with Gasteiger partial charge in [0.05, 0.1) is 5.02 Å². The molecule has 0 bridgehead atoms. The van der Waals surface area contributed by atoms with Gasteiger partial charge >= 0.3 is 5.97 Å². The van der Waals surface area contributed by atoms with Gasteiger partial charge in [-0.05, 0) is 40.5 Å². The van der Waals surface area contributed by atoms with Crippen LogP contribution in [0.5, 0.6) is 0 Å². The summed E-state index contributed by atoms with van der Waals surface area (Å²) in [7, 11) is 0. The minimum absolute atomic E-state index is 0.288. The van der Waals surface area contributed by atoms with Gasteiger partial charge in [-0.1, -0.05) is 17.7 Å². The molecule has 1 atom stereocenters. The van der Waals surface area contributed by atoms with E-state index in [0.717, 1.165) is 0 Å². The molecule has 4 nitrogen and oxygen atoms in total. The third-order valence-corrected chi connectivity index (χ3v) is 3.78. The Kier molecular flexibility index (Phi) is 5.16. The van der Waals surface area contributed by atoms with Gasteiger partial charge in [0.2, 0.25) is 5.91 Å². The highest BCUT2D eigenvalue weighted by atomic mass is 79.9. The zero-order valence-corrected chi connectivity index (χ0v) is 12.3. The maximum absolute atomic E-state index is 11.5. The second kappa shape index (κ2) is 6.20. The van der Waals surface area contributed by atoms with Crippen molar-refractivity contribution >= 4 is 39.4 Å². The fraction of sp³-hybridized carbons (Fsp3) is 0.333. The molecule has 1 unspecified atom stereocenters. The van der Waals surface area contributed by atoms with Crippen molar-refractivity contribution in [1.82, 2.24) is 4.90 Å². The molecule has 0 aliphatic carbocycles. The van der Waals surface area contributed by atoms with E-state index in [1.165, 1.54) is 11.8 Å². The van der Waals surface area contributed by atoms with Gasteiger partial charge < -0.3 is 10.0 Å². The molecule has 0 aromatic heterocycles. The molecule has 18 heavy (non-hydrogen) atoms. The highest BCUT2D eigenvalue weighted by Gasteiger charge is 2.28. The summed E-state index contributed by atoms with van der Waals surface area (Å²) in [4.78, 5) is 24.1. The average molecular weight is 335 g/mol. The lowest BCUT2D eigenvalue weighted by molar-refractivity contribution is -0.149. The third kappa shape index (κ3) is 3.23. The molecule has 0 heterocycles. The molecule has 0 saturated heterocycles. The highest BCUT2D eigenvalue weighted by Crippen LogP contribution is 2.29. The predicted octanol–water partition coefficient (Wildman–Crippen LogP) is 3.10. The average Bonchev–Trinajstić information content (AvgIpc) is 2.28. The van der Waals surface area contributed by atoms with Gasteiger partial charge in [-0.25, -0.2) is 4.79 Å². The van der Waals surface area contributed by atoms with E-state index >= 15 is 0 Å². The van der Waals surface area contributed by atoms with Crippen molar-refractivity contribution in [2.24, 2.45) is 0 Å². The van der Waals surface area contributed by atoms with Crippen molar-refractivity contribution in [3.63, 3.8) is 0 Å². The predicted molar refractivity (Wildman–Crippen MR) is 72.6 cm³/mol. The Balaban J connectivity index is 3.23. The zero-order valence-electron chi connectivity index (χ0n) is 9.98. The minimum atomic E-state index is -1.08. The van der Waals surface area contributed by atoms with Gasteiger partial charge in [0.25, 0.3) is 0 Å². The molecule has 0 radical (unpaired) electrons. The number of carbonyl (C=O) groups is 2.